The largest absolute Gasteiger partial charge is 0.304 e. The van der Waals surface area contributed by atoms with Crippen LogP contribution in [-0.4, -0.2) is 26.3 Å². The van der Waals surface area contributed by atoms with Crippen LogP contribution in [0.15, 0.2) is 29.3 Å². The molecule has 0 saturated heterocycles. The van der Waals surface area contributed by atoms with Crippen LogP contribution in [0.3, 0.4) is 0 Å². The van der Waals surface area contributed by atoms with Crippen molar-refractivity contribution in [3.05, 3.63) is 40.6 Å². The molecule has 6 heteroatoms. The molecule has 5 nitrogen and oxygen atoms in total. The molecule has 0 spiro atoms. The van der Waals surface area contributed by atoms with Gasteiger partial charge in [0.25, 0.3) is 0 Å². The van der Waals surface area contributed by atoms with Crippen molar-refractivity contribution in [2.45, 2.75) is 19.4 Å². The van der Waals surface area contributed by atoms with Crippen LogP contribution in [0.25, 0.3) is 0 Å². The van der Waals surface area contributed by atoms with Crippen molar-refractivity contribution in [2.75, 3.05) is 6.54 Å². The third kappa shape index (κ3) is 2.76. The summed E-state index contributed by atoms with van der Waals surface area (Å²) in [5.74, 6) is 0. The Balaban J connectivity index is 2.37. The molecule has 1 atom stereocenters. The van der Waals surface area contributed by atoms with E-state index in [2.05, 4.69) is 43.2 Å². The van der Waals surface area contributed by atoms with Crippen molar-refractivity contribution in [2.24, 2.45) is 7.05 Å². The Morgan fingerprint density at radius 2 is 2.33 bits per heavy atom. The van der Waals surface area contributed by atoms with E-state index in [-0.39, 0.29) is 6.04 Å². The summed E-state index contributed by atoms with van der Waals surface area (Å²) in [5, 5.41) is 7.75. The maximum absolute atomic E-state index is 4.33. The van der Waals surface area contributed by atoms with Crippen LogP contribution in [0.2, 0.25) is 0 Å². The van der Waals surface area contributed by atoms with Crippen molar-refractivity contribution in [3.8, 4) is 0 Å². The molecule has 2 aromatic heterocycles. The molecular weight excluding hydrogens is 294 g/mol. The minimum Gasteiger partial charge on any atom is -0.304 e. The van der Waals surface area contributed by atoms with Gasteiger partial charge in [-0.2, -0.15) is 5.10 Å². The van der Waals surface area contributed by atoms with E-state index in [4.69, 9.17) is 0 Å². The third-order valence-corrected chi connectivity index (χ3v) is 3.32. The van der Waals surface area contributed by atoms with Gasteiger partial charge in [-0.3, -0.25) is 4.68 Å². The average Bonchev–Trinajstić information content (AvgIpc) is 2.72. The third-order valence-electron chi connectivity index (χ3n) is 2.71. The summed E-state index contributed by atoms with van der Waals surface area (Å²) < 4.78 is 2.84. The van der Waals surface area contributed by atoms with Crippen molar-refractivity contribution in [1.29, 1.82) is 0 Å². The second-order valence-corrected chi connectivity index (χ2v) is 4.88. The van der Waals surface area contributed by atoms with Crippen molar-refractivity contribution < 1.29 is 0 Å². The molecule has 2 heterocycles. The maximum Gasteiger partial charge on any atom is 0.115 e. The lowest BCUT2D eigenvalue weighted by atomic mass is 10.1. The van der Waals surface area contributed by atoms with Gasteiger partial charge in [0, 0.05) is 13.2 Å². The molecule has 2 aromatic rings. The molecule has 0 aliphatic heterocycles. The van der Waals surface area contributed by atoms with E-state index >= 15 is 0 Å². The number of nitrogens with one attached hydrogen (secondary N) is 1. The zero-order valence-corrected chi connectivity index (χ0v) is 12.1. The standard InChI is InChI=1S/C12H16BrN5/c1-3-5-15-11(10-4-6-14-8-16-10)12-9(13)7-17-18(12)2/h4,6-8,11,15H,3,5H2,1-2H3. The Kier molecular flexibility index (Phi) is 4.43. The first-order chi connectivity index (χ1) is 8.74. The molecule has 0 radical (unpaired) electrons. The highest BCUT2D eigenvalue weighted by molar-refractivity contribution is 9.10. The first-order valence-corrected chi connectivity index (χ1v) is 6.70. The smallest absolute Gasteiger partial charge is 0.115 e. The molecule has 0 saturated carbocycles. The molecule has 1 N–H and O–H groups in total. The molecule has 0 fully saturated rings. The van der Waals surface area contributed by atoms with Crippen LogP contribution in [-0.2, 0) is 7.05 Å². The number of aryl methyl sites for hydroxylation is 1. The minimum absolute atomic E-state index is 0.0230. The lowest BCUT2D eigenvalue weighted by Crippen LogP contribution is -2.26. The summed E-state index contributed by atoms with van der Waals surface area (Å²) >= 11 is 3.54. The summed E-state index contributed by atoms with van der Waals surface area (Å²) in [4.78, 5) is 8.30. The van der Waals surface area contributed by atoms with Gasteiger partial charge in [-0.1, -0.05) is 6.92 Å². The molecule has 96 valence electrons. The fourth-order valence-corrected chi connectivity index (χ4v) is 2.42. The fourth-order valence-electron chi connectivity index (χ4n) is 1.85. The van der Waals surface area contributed by atoms with Gasteiger partial charge in [-0.25, -0.2) is 9.97 Å². The number of aromatic nitrogens is 4. The second kappa shape index (κ2) is 6.06. The minimum atomic E-state index is 0.0230. The molecule has 0 aliphatic carbocycles. The predicted octanol–water partition coefficient (Wildman–Crippen LogP) is 2.06. The fraction of sp³-hybridized carbons (Fsp3) is 0.417. The van der Waals surface area contributed by atoms with E-state index in [9.17, 15) is 0 Å². The number of hydrogen-bond acceptors (Lipinski definition) is 4. The maximum atomic E-state index is 4.33. The Bertz CT molecular complexity index is 477. The molecule has 0 aromatic carbocycles. The second-order valence-electron chi connectivity index (χ2n) is 4.02. The van der Waals surface area contributed by atoms with Crippen LogP contribution < -0.4 is 5.32 Å². The molecule has 2 rings (SSSR count). The van der Waals surface area contributed by atoms with Crippen LogP contribution in [0.1, 0.15) is 30.8 Å². The van der Waals surface area contributed by atoms with Crippen molar-refractivity contribution in [1.82, 2.24) is 25.1 Å². The van der Waals surface area contributed by atoms with E-state index in [1.807, 2.05) is 17.8 Å². The van der Waals surface area contributed by atoms with E-state index in [0.717, 1.165) is 28.8 Å². The quantitative estimate of drug-likeness (QED) is 0.918. The summed E-state index contributed by atoms with van der Waals surface area (Å²) in [6.45, 7) is 3.06. The normalized spacial score (nSPS) is 12.6. The van der Waals surface area contributed by atoms with Crippen LogP contribution in [0.4, 0.5) is 0 Å². The van der Waals surface area contributed by atoms with Gasteiger partial charge in [-0.05, 0) is 35.0 Å². The zero-order valence-electron chi connectivity index (χ0n) is 10.5. The predicted molar refractivity (Wildman–Crippen MR) is 73.1 cm³/mol. The van der Waals surface area contributed by atoms with Gasteiger partial charge < -0.3 is 5.32 Å². The lowest BCUT2D eigenvalue weighted by Gasteiger charge is -2.18. The average molecular weight is 310 g/mol. The van der Waals surface area contributed by atoms with Crippen molar-refractivity contribution >= 4 is 15.9 Å². The number of rotatable bonds is 5. The molecular formula is C12H16BrN5. The number of hydrogen-bond donors (Lipinski definition) is 1. The number of halogens is 1. The SMILES string of the molecule is CCCNC(c1ccncn1)c1c(Br)cnn1C. The summed E-state index contributed by atoms with van der Waals surface area (Å²) in [6, 6.07) is 1.95. The van der Waals surface area contributed by atoms with Crippen molar-refractivity contribution in [3.63, 3.8) is 0 Å². The summed E-state index contributed by atoms with van der Waals surface area (Å²) in [7, 11) is 1.93. The molecule has 0 bridgehead atoms. The summed E-state index contributed by atoms with van der Waals surface area (Å²) in [5.41, 5.74) is 2.02. The van der Waals surface area contributed by atoms with Gasteiger partial charge in [0.1, 0.15) is 6.33 Å². The topological polar surface area (TPSA) is 55.6 Å². The van der Waals surface area contributed by atoms with E-state index in [1.54, 1.807) is 18.7 Å². The van der Waals surface area contributed by atoms with Crippen LogP contribution in [0, 0.1) is 0 Å². The van der Waals surface area contributed by atoms with E-state index in [0.29, 0.717) is 0 Å². The number of nitrogens with zero attached hydrogens (tertiary/aromatic N) is 4. The molecule has 18 heavy (non-hydrogen) atoms. The monoisotopic (exact) mass is 309 g/mol. The highest BCUT2D eigenvalue weighted by Gasteiger charge is 2.21. The molecule has 1 unspecified atom stereocenters. The first kappa shape index (κ1) is 13.2. The van der Waals surface area contributed by atoms with Crippen LogP contribution >= 0.6 is 15.9 Å². The lowest BCUT2D eigenvalue weighted by molar-refractivity contribution is 0.541. The zero-order chi connectivity index (χ0) is 13.0. The molecule has 0 amide bonds. The van der Waals surface area contributed by atoms with E-state index in [1.165, 1.54) is 0 Å². The van der Waals surface area contributed by atoms with E-state index < -0.39 is 0 Å². The Morgan fingerprint density at radius 1 is 1.50 bits per heavy atom. The highest BCUT2D eigenvalue weighted by atomic mass is 79.9. The Hall–Kier alpha value is -1.27. The van der Waals surface area contributed by atoms with Crippen LogP contribution in [0.5, 0.6) is 0 Å². The summed E-state index contributed by atoms with van der Waals surface area (Å²) in [6.07, 6.45) is 6.20. The molecule has 0 aliphatic rings. The highest BCUT2D eigenvalue weighted by Crippen LogP contribution is 2.26. The van der Waals surface area contributed by atoms with Gasteiger partial charge in [-0.15, -0.1) is 0 Å². The van der Waals surface area contributed by atoms with Gasteiger partial charge in [0.15, 0.2) is 0 Å². The van der Waals surface area contributed by atoms with Gasteiger partial charge in [0.2, 0.25) is 0 Å². The Labute approximate surface area is 115 Å². The van der Waals surface area contributed by atoms with Gasteiger partial charge >= 0.3 is 0 Å². The van der Waals surface area contributed by atoms with Gasteiger partial charge in [0.05, 0.1) is 28.1 Å². The first-order valence-electron chi connectivity index (χ1n) is 5.90. The Morgan fingerprint density at radius 3 is 2.89 bits per heavy atom.